The quantitative estimate of drug-likeness (QED) is 0.667. The van der Waals surface area contributed by atoms with Gasteiger partial charge in [0.2, 0.25) is 0 Å². The summed E-state index contributed by atoms with van der Waals surface area (Å²) < 4.78 is 5.40. The van der Waals surface area contributed by atoms with Gasteiger partial charge < -0.3 is 15.0 Å². The number of hydrazine groups is 1. The fourth-order valence-electron chi connectivity index (χ4n) is 5.31. The van der Waals surface area contributed by atoms with Crippen LogP contribution in [0.4, 0.5) is 10.6 Å². The van der Waals surface area contributed by atoms with E-state index < -0.39 is 0 Å². The Kier molecular flexibility index (Phi) is 5.75. The maximum atomic E-state index is 13.7. The lowest BCUT2D eigenvalue weighted by molar-refractivity contribution is 0.119. The molecule has 0 radical (unpaired) electrons. The van der Waals surface area contributed by atoms with Gasteiger partial charge in [-0.25, -0.2) is 9.78 Å². The normalized spacial score (nSPS) is 21.0. The van der Waals surface area contributed by atoms with Gasteiger partial charge in [-0.05, 0) is 62.2 Å². The average molecular weight is 437 g/mol. The van der Waals surface area contributed by atoms with Crippen molar-refractivity contribution < 1.29 is 9.53 Å². The Morgan fingerprint density at radius 3 is 2.66 bits per heavy atom. The van der Waals surface area contributed by atoms with Gasteiger partial charge >= 0.3 is 6.03 Å². The highest BCUT2D eigenvalue weighted by molar-refractivity contribution is 5.94. The number of hydrogen-bond donors (Lipinski definition) is 3. The Balaban J connectivity index is 1.44. The van der Waals surface area contributed by atoms with Crippen LogP contribution in [0.1, 0.15) is 35.6 Å². The molecule has 8 nitrogen and oxygen atoms in total. The minimum absolute atomic E-state index is 0.0403. The van der Waals surface area contributed by atoms with Gasteiger partial charge in [0, 0.05) is 31.2 Å². The molecule has 5 rings (SSSR count). The topological polar surface area (TPSA) is 81.8 Å². The van der Waals surface area contributed by atoms with Gasteiger partial charge in [0.1, 0.15) is 11.6 Å². The Hall–Kier alpha value is -2.68. The fraction of sp³-hybridized carbons (Fsp3) is 0.500. The summed E-state index contributed by atoms with van der Waals surface area (Å²) in [5, 5.41) is 3.45. The Labute approximate surface area is 189 Å². The monoisotopic (exact) mass is 436 g/mol. The highest BCUT2D eigenvalue weighted by Gasteiger charge is 2.50. The highest BCUT2D eigenvalue weighted by Crippen LogP contribution is 2.38. The van der Waals surface area contributed by atoms with Crippen molar-refractivity contribution in [2.75, 3.05) is 44.7 Å². The molecule has 32 heavy (non-hydrogen) atoms. The number of anilines is 1. The predicted molar refractivity (Wildman–Crippen MR) is 124 cm³/mol. The first kappa shape index (κ1) is 21.2. The predicted octanol–water partition coefficient (Wildman–Crippen LogP) is 2.15. The van der Waals surface area contributed by atoms with Crippen molar-refractivity contribution in [2.45, 2.75) is 37.8 Å². The summed E-state index contributed by atoms with van der Waals surface area (Å²) in [6.45, 7) is 6.93. The van der Waals surface area contributed by atoms with E-state index in [0.717, 1.165) is 61.8 Å². The van der Waals surface area contributed by atoms with Crippen LogP contribution in [0.15, 0.2) is 36.4 Å². The SMILES string of the molecule is COc1cccc(CN2C(=O)N(c3ccc(C4CNNC4)c(C)n3)CC23CCNCC3)c1. The first-order chi connectivity index (χ1) is 15.6. The van der Waals surface area contributed by atoms with Crippen LogP contribution in [0, 0.1) is 6.92 Å². The van der Waals surface area contributed by atoms with Gasteiger partial charge in [0.25, 0.3) is 0 Å². The zero-order valence-corrected chi connectivity index (χ0v) is 18.9. The molecule has 1 aromatic carbocycles. The van der Waals surface area contributed by atoms with Crippen LogP contribution < -0.4 is 25.8 Å². The van der Waals surface area contributed by atoms with E-state index in [2.05, 4.69) is 33.2 Å². The van der Waals surface area contributed by atoms with Crippen LogP contribution in [0.3, 0.4) is 0 Å². The number of carbonyl (C=O) groups is 1. The van der Waals surface area contributed by atoms with E-state index in [1.807, 2.05) is 36.1 Å². The van der Waals surface area contributed by atoms with E-state index in [9.17, 15) is 4.79 Å². The summed E-state index contributed by atoms with van der Waals surface area (Å²) in [5.41, 5.74) is 9.51. The molecule has 1 spiro atoms. The van der Waals surface area contributed by atoms with E-state index in [4.69, 9.17) is 9.72 Å². The van der Waals surface area contributed by atoms with Crippen LogP contribution in [0.2, 0.25) is 0 Å². The number of amides is 2. The minimum atomic E-state index is -0.182. The van der Waals surface area contributed by atoms with Crippen molar-refractivity contribution in [3.05, 3.63) is 53.2 Å². The van der Waals surface area contributed by atoms with Gasteiger partial charge in [-0.15, -0.1) is 0 Å². The lowest BCUT2D eigenvalue weighted by Crippen LogP contribution is -2.53. The summed E-state index contributed by atoms with van der Waals surface area (Å²) in [4.78, 5) is 22.6. The van der Waals surface area contributed by atoms with Gasteiger partial charge in [-0.1, -0.05) is 18.2 Å². The first-order valence-electron chi connectivity index (χ1n) is 11.5. The van der Waals surface area contributed by atoms with Gasteiger partial charge in [-0.3, -0.25) is 15.8 Å². The number of benzene rings is 1. The molecule has 0 aliphatic carbocycles. The zero-order chi connectivity index (χ0) is 22.1. The number of pyridine rings is 1. The number of ether oxygens (including phenoxy) is 1. The molecule has 1 aromatic heterocycles. The summed E-state index contributed by atoms with van der Waals surface area (Å²) in [6.07, 6.45) is 1.88. The molecule has 3 saturated heterocycles. The second-order valence-corrected chi connectivity index (χ2v) is 9.08. The lowest BCUT2D eigenvalue weighted by atomic mass is 9.87. The van der Waals surface area contributed by atoms with Crippen LogP contribution in [0.5, 0.6) is 5.75 Å². The largest absolute Gasteiger partial charge is 0.497 e. The smallest absolute Gasteiger partial charge is 0.326 e. The van der Waals surface area contributed by atoms with Crippen molar-refractivity contribution in [3.63, 3.8) is 0 Å². The molecule has 3 N–H and O–H groups in total. The molecule has 0 saturated carbocycles. The van der Waals surface area contributed by atoms with Crippen molar-refractivity contribution in [1.29, 1.82) is 0 Å². The average Bonchev–Trinajstić information content (AvgIpc) is 3.43. The fourth-order valence-corrected chi connectivity index (χ4v) is 5.31. The zero-order valence-electron chi connectivity index (χ0n) is 18.9. The van der Waals surface area contributed by atoms with Gasteiger partial charge in [-0.2, -0.15) is 0 Å². The summed E-state index contributed by atoms with van der Waals surface area (Å²) in [7, 11) is 1.67. The number of nitrogens with zero attached hydrogens (tertiary/aromatic N) is 3. The molecule has 2 amide bonds. The van der Waals surface area contributed by atoms with Crippen LogP contribution in [-0.2, 0) is 6.54 Å². The van der Waals surface area contributed by atoms with Crippen LogP contribution in [-0.4, -0.2) is 61.3 Å². The molecular formula is C24H32N6O2. The number of piperidine rings is 1. The van der Waals surface area contributed by atoms with E-state index in [-0.39, 0.29) is 11.6 Å². The number of carbonyl (C=O) groups excluding carboxylic acids is 1. The van der Waals surface area contributed by atoms with Gasteiger partial charge in [0.05, 0.1) is 19.2 Å². The molecule has 3 aliphatic heterocycles. The number of aryl methyl sites for hydroxylation is 1. The van der Waals surface area contributed by atoms with Gasteiger partial charge in [0.15, 0.2) is 0 Å². The number of aromatic nitrogens is 1. The summed E-state index contributed by atoms with van der Waals surface area (Å²) in [5.74, 6) is 1.97. The molecular weight excluding hydrogens is 404 g/mol. The molecule has 170 valence electrons. The van der Waals surface area contributed by atoms with E-state index in [0.29, 0.717) is 19.0 Å². The van der Waals surface area contributed by atoms with E-state index >= 15 is 0 Å². The molecule has 2 aromatic rings. The van der Waals surface area contributed by atoms with Crippen molar-refractivity contribution in [2.24, 2.45) is 0 Å². The van der Waals surface area contributed by atoms with Crippen molar-refractivity contribution >= 4 is 11.8 Å². The third-order valence-corrected chi connectivity index (χ3v) is 7.15. The van der Waals surface area contributed by atoms with E-state index in [1.165, 1.54) is 5.56 Å². The lowest BCUT2D eigenvalue weighted by Gasteiger charge is -2.40. The molecule has 8 heteroatoms. The minimum Gasteiger partial charge on any atom is -0.497 e. The highest BCUT2D eigenvalue weighted by atomic mass is 16.5. The van der Waals surface area contributed by atoms with E-state index in [1.54, 1.807) is 7.11 Å². The van der Waals surface area contributed by atoms with Crippen LogP contribution >= 0.6 is 0 Å². The molecule has 3 aliphatic rings. The molecule has 0 unspecified atom stereocenters. The second kappa shape index (κ2) is 8.69. The van der Waals surface area contributed by atoms with Crippen LogP contribution in [0.25, 0.3) is 0 Å². The maximum absolute atomic E-state index is 13.7. The number of rotatable bonds is 5. The second-order valence-electron chi connectivity index (χ2n) is 9.08. The molecule has 0 bridgehead atoms. The number of urea groups is 1. The third-order valence-electron chi connectivity index (χ3n) is 7.15. The number of nitrogens with one attached hydrogen (secondary N) is 3. The summed E-state index contributed by atoms with van der Waals surface area (Å²) >= 11 is 0. The van der Waals surface area contributed by atoms with Crippen molar-refractivity contribution in [3.8, 4) is 5.75 Å². The molecule has 0 atom stereocenters. The standard InChI is InChI=1S/C24H32N6O2/c1-17-21(19-13-26-27-14-19)6-7-22(28-17)29-16-24(8-10-25-11-9-24)30(23(29)31)15-18-4-3-5-20(12-18)32-2/h3-7,12,19,25-27H,8-11,13-16H2,1-2H3. The molecule has 3 fully saturated rings. The first-order valence-corrected chi connectivity index (χ1v) is 11.5. The third kappa shape index (κ3) is 3.83. The number of hydrogen-bond acceptors (Lipinski definition) is 6. The number of methoxy groups -OCH3 is 1. The maximum Gasteiger partial charge on any atom is 0.326 e. The Morgan fingerprint density at radius 2 is 1.94 bits per heavy atom. The summed E-state index contributed by atoms with van der Waals surface area (Å²) in [6, 6.07) is 12.2. The Morgan fingerprint density at radius 1 is 1.16 bits per heavy atom. The Bertz CT molecular complexity index is 984. The molecule has 4 heterocycles. The van der Waals surface area contributed by atoms with Crippen molar-refractivity contribution in [1.82, 2.24) is 26.1 Å².